The van der Waals surface area contributed by atoms with Crippen molar-refractivity contribution in [2.75, 3.05) is 24.6 Å². The van der Waals surface area contributed by atoms with Crippen molar-refractivity contribution in [2.24, 2.45) is 0 Å². The number of nitrogens with zero attached hydrogens (tertiary/aromatic N) is 3. The summed E-state index contributed by atoms with van der Waals surface area (Å²) in [4.78, 5) is 26.0. The summed E-state index contributed by atoms with van der Waals surface area (Å²) in [7, 11) is 0. The number of carbonyl (C=O) groups is 1. The van der Waals surface area contributed by atoms with E-state index in [2.05, 4.69) is 34.5 Å². The lowest BCUT2D eigenvalue weighted by Crippen LogP contribution is -2.30. The molecule has 1 aliphatic rings. The van der Waals surface area contributed by atoms with E-state index in [1.165, 1.54) is 0 Å². The number of carbonyl (C=O) groups excluding carboxylic acids is 1. The SMILES string of the molecule is CCOC(=O)NCCCN1c2nc3ccccc3cc2Sc2cc3ccccc3nc21. The van der Waals surface area contributed by atoms with E-state index in [1.807, 2.05) is 36.4 Å². The molecular weight excluding hydrogens is 408 g/mol. The van der Waals surface area contributed by atoms with Crippen molar-refractivity contribution >= 4 is 51.3 Å². The van der Waals surface area contributed by atoms with Crippen molar-refractivity contribution in [2.45, 2.75) is 23.1 Å². The van der Waals surface area contributed by atoms with Gasteiger partial charge in [0.2, 0.25) is 0 Å². The van der Waals surface area contributed by atoms with Crippen LogP contribution in [0.3, 0.4) is 0 Å². The van der Waals surface area contributed by atoms with Gasteiger partial charge >= 0.3 is 6.09 Å². The molecule has 31 heavy (non-hydrogen) atoms. The molecule has 1 amide bonds. The number of alkyl carbamates (subject to hydrolysis) is 1. The number of pyridine rings is 2. The molecule has 4 aromatic rings. The quantitative estimate of drug-likeness (QED) is 0.421. The molecule has 0 radical (unpaired) electrons. The maximum Gasteiger partial charge on any atom is 0.407 e. The second kappa shape index (κ2) is 8.43. The van der Waals surface area contributed by atoms with Gasteiger partial charge in [-0.05, 0) is 37.6 Å². The van der Waals surface area contributed by atoms with Crippen LogP contribution in [0.25, 0.3) is 21.8 Å². The average molecular weight is 431 g/mol. The summed E-state index contributed by atoms with van der Waals surface area (Å²) in [5.41, 5.74) is 1.92. The van der Waals surface area contributed by atoms with E-state index in [0.29, 0.717) is 19.7 Å². The summed E-state index contributed by atoms with van der Waals surface area (Å²) < 4.78 is 4.95. The fraction of sp³-hybridized carbons (Fsp3) is 0.208. The first-order valence-corrected chi connectivity index (χ1v) is 11.2. The molecule has 1 aliphatic heterocycles. The number of hydrogen-bond acceptors (Lipinski definition) is 6. The van der Waals surface area contributed by atoms with Crippen molar-refractivity contribution in [3.05, 3.63) is 60.7 Å². The Bertz CT molecular complexity index is 1190. The van der Waals surface area contributed by atoms with E-state index in [4.69, 9.17) is 14.7 Å². The monoisotopic (exact) mass is 430 g/mol. The predicted molar refractivity (Wildman–Crippen MR) is 124 cm³/mol. The fourth-order valence-corrected chi connectivity index (χ4v) is 4.85. The molecule has 6 nitrogen and oxygen atoms in total. The van der Waals surface area contributed by atoms with Crippen LogP contribution in [-0.2, 0) is 4.74 Å². The molecule has 0 spiro atoms. The first kappa shape index (κ1) is 19.6. The molecule has 2 aromatic carbocycles. The summed E-state index contributed by atoms with van der Waals surface area (Å²) in [6, 6.07) is 20.7. The third kappa shape index (κ3) is 3.88. The zero-order chi connectivity index (χ0) is 21.2. The molecule has 156 valence electrons. The number of aromatic nitrogens is 2. The van der Waals surface area contributed by atoms with Gasteiger partial charge in [0.25, 0.3) is 0 Å². The van der Waals surface area contributed by atoms with Gasteiger partial charge in [0.15, 0.2) is 0 Å². The normalized spacial score (nSPS) is 12.5. The fourth-order valence-electron chi connectivity index (χ4n) is 3.75. The highest BCUT2D eigenvalue weighted by Crippen LogP contribution is 2.48. The van der Waals surface area contributed by atoms with Gasteiger partial charge in [0.05, 0.1) is 27.4 Å². The lowest BCUT2D eigenvalue weighted by molar-refractivity contribution is 0.152. The van der Waals surface area contributed by atoms with Crippen LogP contribution in [0.15, 0.2) is 70.5 Å². The van der Waals surface area contributed by atoms with Crippen LogP contribution in [0.2, 0.25) is 0 Å². The largest absolute Gasteiger partial charge is 0.450 e. The molecule has 3 heterocycles. The molecule has 0 saturated heterocycles. The van der Waals surface area contributed by atoms with E-state index in [-0.39, 0.29) is 6.09 Å². The Morgan fingerprint density at radius 1 is 0.968 bits per heavy atom. The van der Waals surface area contributed by atoms with E-state index in [0.717, 1.165) is 49.7 Å². The van der Waals surface area contributed by atoms with Crippen molar-refractivity contribution < 1.29 is 9.53 Å². The Hall–Kier alpha value is -3.32. The Kier molecular flexibility index (Phi) is 5.34. The molecule has 0 aliphatic carbocycles. The maximum atomic E-state index is 11.6. The molecule has 7 heteroatoms. The van der Waals surface area contributed by atoms with Gasteiger partial charge < -0.3 is 15.0 Å². The Labute approximate surface area is 184 Å². The van der Waals surface area contributed by atoms with Crippen LogP contribution < -0.4 is 10.2 Å². The molecular formula is C24H22N4O2S. The second-order valence-electron chi connectivity index (χ2n) is 7.26. The molecule has 2 aromatic heterocycles. The van der Waals surface area contributed by atoms with E-state index < -0.39 is 0 Å². The minimum Gasteiger partial charge on any atom is -0.450 e. The van der Waals surface area contributed by atoms with E-state index in [9.17, 15) is 4.79 Å². The topological polar surface area (TPSA) is 67.3 Å². The Balaban J connectivity index is 1.52. The minimum absolute atomic E-state index is 0.365. The van der Waals surface area contributed by atoms with Crippen LogP contribution in [0.4, 0.5) is 16.4 Å². The van der Waals surface area contributed by atoms with Crippen molar-refractivity contribution in [1.82, 2.24) is 15.3 Å². The van der Waals surface area contributed by atoms with Crippen molar-refractivity contribution in [3.63, 3.8) is 0 Å². The lowest BCUT2D eigenvalue weighted by atomic mass is 10.2. The summed E-state index contributed by atoms with van der Waals surface area (Å²) in [5.74, 6) is 1.82. The molecule has 0 bridgehead atoms. The highest BCUT2D eigenvalue weighted by molar-refractivity contribution is 7.99. The van der Waals surface area contributed by atoms with Gasteiger partial charge in [-0.15, -0.1) is 0 Å². The Morgan fingerprint density at radius 3 is 2.13 bits per heavy atom. The van der Waals surface area contributed by atoms with Crippen LogP contribution in [0.5, 0.6) is 0 Å². The van der Waals surface area contributed by atoms with E-state index >= 15 is 0 Å². The zero-order valence-electron chi connectivity index (χ0n) is 17.2. The van der Waals surface area contributed by atoms with Gasteiger partial charge in [-0.2, -0.15) is 0 Å². The predicted octanol–water partition coefficient (Wildman–Crippen LogP) is 5.52. The molecule has 0 saturated carbocycles. The number of hydrogen-bond donors (Lipinski definition) is 1. The van der Waals surface area contributed by atoms with E-state index in [1.54, 1.807) is 18.7 Å². The molecule has 0 unspecified atom stereocenters. The molecule has 0 atom stereocenters. The van der Waals surface area contributed by atoms with Crippen LogP contribution in [-0.4, -0.2) is 35.8 Å². The van der Waals surface area contributed by atoms with Gasteiger partial charge in [-0.25, -0.2) is 14.8 Å². The number of anilines is 2. The van der Waals surface area contributed by atoms with Crippen LogP contribution in [0.1, 0.15) is 13.3 Å². The summed E-state index contributed by atoms with van der Waals surface area (Å²) in [5, 5.41) is 5.04. The number of nitrogens with one attached hydrogen (secondary N) is 1. The summed E-state index contributed by atoms with van der Waals surface area (Å²) in [6.45, 7) is 3.37. The maximum absolute atomic E-state index is 11.6. The summed E-state index contributed by atoms with van der Waals surface area (Å²) in [6.07, 6.45) is 0.358. The average Bonchev–Trinajstić information content (AvgIpc) is 2.79. The minimum atomic E-state index is -0.384. The number of ether oxygens (including phenoxy) is 1. The number of amides is 1. The van der Waals surface area contributed by atoms with Crippen molar-refractivity contribution in [3.8, 4) is 0 Å². The van der Waals surface area contributed by atoms with Gasteiger partial charge in [0.1, 0.15) is 11.6 Å². The van der Waals surface area contributed by atoms with Gasteiger partial charge in [0, 0.05) is 23.9 Å². The van der Waals surface area contributed by atoms with Crippen molar-refractivity contribution in [1.29, 1.82) is 0 Å². The Morgan fingerprint density at radius 2 is 1.55 bits per heavy atom. The van der Waals surface area contributed by atoms with Crippen LogP contribution in [0, 0.1) is 0 Å². The molecule has 1 N–H and O–H groups in total. The number of para-hydroxylation sites is 2. The second-order valence-corrected chi connectivity index (χ2v) is 8.34. The summed E-state index contributed by atoms with van der Waals surface area (Å²) >= 11 is 1.71. The standard InChI is InChI=1S/C24H22N4O2S/c1-2-30-24(29)25-12-7-13-28-22-20(14-16-8-3-5-10-18(16)26-22)31-21-15-17-9-4-6-11-19(17)27-23(21)28/h3-6,8-11,14-15H,2,7,12-13H2,1H3,(H,25,29). The van der Waals surface area contributed by atoms with Gasteiger partial charge in [-0.1, -0.05) is 48.2 Å². The lowest BCUT2D eigenvalue weighted by Gasteiger charge is -2.31. The number of fused-ring (bicyclic) bond motifs is 4. The smallest absolute Gasteiger partial charge is 0.407 e. The van der Waals surface area contributed by atoms with Gasteiger partial charge in [-0.3, -0.25) is 0 Å². The number of rotatable bonds is 5. The zero-order valence-corrected chi connectivity index (χ0v) is 18.0. The molecule has 0 fully saturated rings. The third-order valence-electron chi connectivity index (χ3n) is 5.17. The first-order chi connectivity index (χ1) is 15.2. The van der Waals surface area contributed by atoms with Crippen LogP contribution >= 0.6 is 11.8 Å². The third-order valence-corrected chi connectivity index (χ3v) is 6.22. The highest BCUT2D eigenvalue weighted by Gasteiger charge is 2.27. The molecule has 5 rings (SSSR count). The highest BCUT2D eigenvalue weighted by atomic mass is 32.2. The number of benzene rings is 2. The first-order valence-electron chi connectivity index (χ1n) is 10.4.